The van der Waals surface area contributed by atoms with Gasteiger partial charge in [0.15, 0.2) is 5.76 Å². The normalized spacial score (nSPS) is 15.0. The Balaban J connectivity index is 1.19. The fourth-order valence-corrected chi connectivity index (χ4v) is 8.53. The second kappa shape index (κ2) is 10.4. The molecular formula is C43H28N2OS. The topological polar surface area (TPSA) is 29.3 Å². The van der Waals surface area contributed by atoms with Crippen LogP contribution in [0.25, 0.3) is 65.0 Å². The lowest BCUT2D eigenvalue weighted by Gasteiger charge is -2.30. The van der Waals surface area contributed by atoms with Gasteiger partial charge < -0.3 is 9.32 Å². The summed E-state index contributed by atoms with van der Waals surface area (Å²) in [5.74, 6) is 1.85. The molecule has 0 amide bonds. The number of hydrogen-bond donors (Lipinski definition) is 0. The van der Waals surface area contributed by atoms with Crippen molar-refractivity contribution in [2.75, 3.05) is 4.90 Å². The molecule has 0 saturated heterocycles. The summed E-state index contributed by atoms with van der Waals surface area (Å²) >= 11 is 1.86. The number of hydrogen-bond acceptors (Lipinski definition) is 4. The zero-order valence-electron chi connectivity index (χ0n) is 25.4. The standard InChI is InChI=1S/C43H28N2OS/c1-3-11-27(12-4-1)28-21-23-31(24-22-28)45(36-18-10-20-38-40(36)33-16-7-8-19-37(33)47-38)32-25-30-15-9-17-34-39(30)35(26-32)41-42(34)46-43(44-41)29-13-5-2-6-14-29/h1-21,23-26,28H,22H2. The second-order valence-electron chi connectivity index (χ2n) is 12.3. The van der Waals surface area contributed by atoms with Crippen LogP contribution in [0.1, 0.15) is 17.9 Å². The lowest BCUT2D eigenvalue weighted by atomic mass is 9.91. The van der Waals surface area contributed by atoms with Gasteiger partial charge in [-0.25, -0.2) is 4.98 Å². The molecule has 0 radical (unpaired) electrons. The van der Waals surface area contributed by atoms with Gasteiger partial charge in [-0.05, 0) is 65.9 Å². The van der Waals surface area contributed by atoms with E-state index in [4.69, 9.17) is 9.40 Å². The zero-order valence-corrected chi connectivity index (χ0v) is 26.2. The molecule has 6 aromatic carbocycles. The lowest BCUT2D eigenvalue weighted by molar-refractivity contribution is 0.590. The third kappa shape index (κ3) is 4.15. The van der Waals surface area contributed by atoms with Crippen molar-refractivity contribution in [3.63, 3.8) is 0 Å². The van der Waals surface area contributed by atoms with Crippen LogP contribution in [0.15, 0.2) is 162 Å². The molecule has 0 saturated carbocycles. The molecule has 0 aliphatic heterocycles. The Kier molecular flexibility index (Phi) is 5.87. The number of nitrogens with zero attached hydrogens (tertiary/aromatic N) is 2. The Bertz CT molecular complexity index is 2560. The summed E-state index contributed by atoms with van der Waals surface area (Å²) < 4.78 is 9.08. The maximum Gasteiger partial charge on any atom is 0.227 e. The number of anilines is 2. The van der Waals surface area contributed by atoms with Crippen molar-refractivity contribution in [1.29, 1.82) is 0 Å². The van der Waals surface area contributed by atoms with E-state index in [-0.39, 0.29) is 0 Å². The Labute approximate surface area is 276 Å². The molecule has 2 aliphatic rings. The van der Waals surface area contributed by atoms with Crippen molar-refractivity contribution < 1.29 is 4.42 Å². The maximum absolute atomic E-state index is 6.49. The average molecular weight is 621 g/mol. The smallest absolute Gasteiger partial charge is 0.227 e. The minimum absolute atomic E-state index is 0.352. The molecule has 0 spiro atoms. The van der Waals surface area contributed by atoms with Gasteiger partial charge in [0.2, 0.25) is 5.89 Å². The minimum atomic E-state index is 0.352. The van der Waals surface area contributed by atoms with Crippen LogP contribution >= 0.6 is 11.3 Å². The summed E-state index contributed by atoms with van der Waals surface area (Å²) in [4.78, 5) is 7.56. The molecule has 1 atom stereocenters. The molecule has 10 rings (SSSR count). The van der Waals surface area contributed by atoms with Gasteiger partial charge in [0.05, 0.1) is 5.69 Å². The zero-order chi connectivity index (χ0) is 30.9. The van der Waals surface area contributed by atoms with Crippen molar-refractivity contribution >= 4 is 53.7 Å². The summed E-state index contributed by atoms with van der Waals surface area (Å²) in [5.41, 5.74) is 8.92. The minimum Gasteiger partial charge on any atom is -0.435 e. The number of benzene rings is 6. The van der Waals surface area contributed by atoms with Crippen LogP contribution in [-0.2, 0) is 0 Å². The van der Waals surface area contributed by atoms with Gasteiger partial charge in [-0.3, -0.25) is 0 Å². The van der Waals surface area contributed by atoms with E-state index in [1.165, 1.54) is 47.9 Å². The van der Waals surface area contributed by atoms with Gasteiger partial charge in [-0.2, -0.15) is 0 Å². The van der Waals surface area contributed by atoms with E-state index in [0.29, 0.717) is 11.8 Å². The fourth-order valence-electron chi connectivity index (χ4n) is 7.40. The molecule has 0 bridgehead atoms. The molecule has 1 unspecified atom stereocenters. The number of allylic oxidation sites excluding steroid dienone is 3. The molecule has 8 aromatic rings. The van der Waals surface area contributed by atoms with Crippen molar-refractivity contribution in [3.8, 4) is 34.0 Å². The predicted molar refractivity (Wildman–Crippen MR) is 196 cm³/mol. The monoisotopic (exact) mass is 620 g/mol. The van der Waals surface area contributed by atoms with Crippen molar-refractivity contribution in [1.82, 2.24) is 4.98 Å². The molecule has 3 nitrogen and oxygen atoms in total. The summed E-state index contributed by atoms with van der Waals surface area (Å²) in [6.07, 6.45) is 8.01. The van der Waals surface area contributed by atoms with E-state index in [0.717, 1.165) is 40.3 Å². The SMILES string of the molecule is C1=CC(c2ccccc2)CC=C1N(c1cc2c3c(cccc3c1)-c1oc(-c3ccccc3)nc1-2)c1cccc2sc3ccccc3c12. The van der Waals surface area contributed by atoms with Crippen LogP contribution in [0.3, 0.4) is 0 Å². The van der Waals surface area contributed by atoms with Crippen molar-refractivity contribution in [3.05, 3.63) is 163 Å². The maximum atomic E-state index is 6.49. The van der Waals surface area contributed by atoms with Crippen LogP contribution in [-0.4, -0.2) is 4.98 Å². The number of oxazole rings is 1. The first-order valence-electron chi connectivity index (χ1n) is 16.1. The average Bonchev–Trinajstić information content (AvgIpc) is 3.82. The molecule has 4 heteroatoms. The number of fused-ring (bicyclic) bond motifs is 6. The molecule has 0 fully saturated rings. The summed E-state index contributed by atoms with van der Waals surface area (Å²) in [5, 5.41) is 4.95. The molecule has 2 aliphatic carbocycles. The highest BCUT2D eigenvalue weighted by molar-refractivity contribution is 7.26. The third-order valence-electron chi connectivity index (χ3n) is 9.56. The largest absolute Gasteiger partial charge is 0.435 e. The van der Waals surface area contributed by atoms with E-state index in [2.05, 4.69) is 138 Å². The fraction of sp³-hybridized carbons (Fsp3) is 0.0465. The molecule has 0 N–H and O–H groups in total. The number of rotatable bonds is 5. The lowest BCUT2D eigenvalue weighted by Crippen LogP contribution is -2.17. The Morgan fingerprint density at radius 1 is 0.702 bits per heavy atom. The first-order chi connectivity index (χ1) is 23.3. The quantitative estimate of drug-likeness (QED) is 0.192. The van der Waals surface area contributed by atoms with Crippen molar-refractivity contribution in [2.45, 2.75) is 12.3 Å². The third-order valence-corrected chi connectivity index (χ3v) is 10.7. The highest BCUT2D eigenvalue weighted by Crippen LogP contribution is 2.52. The molecule has 47 heavy (non-hydrogen) atoms. The Morgan fingerprint density at radius 2 is 1.49 bits per heavy atom. The molecule has 222 valence electrons. The summed E-state index contributed by atoms with van der Waals surface area (Å²) in [6.45, 7) is 0. The van der Waals surface area contributed by atoms with Crippen LogP contribution in [0.4, 0.5) is 11.4 Å². The number of thiophene rings is 1. The van der Waals surface area contributed by atoms with Gasteiger partial charge in [0, 0.05) is 59.6 Å². The van der Waals surface area contributed by atoms with Gasteiger partial charge in [-0.1, -0.05) is 103 Å². The van der Waals surface area contributed by atoms with E-state index in [1.807, 2.05) is 29.5 Å². The first-order valence-corrected chi connectivity index (χ1v) is 16.9. The summed E-state index contributed by atoms with van der Waals surface area (Å²) in [7, 11) is 0. The van der Waals surface area contributed by atoms with E-state index in [9.17, 15) is 0 Å². The highest BCUT2D eigenvalue weighted by Gasteiger charge is 2.30. The van der Waals surface area contributed by atoms with Crippen LogP contribution < -0.4 is 4.90 Å². The van der Waals surface area contributed by atoms with Gasteiger partial charge in [0.25, 0.3) is 0 Å². The van der Waals surface area contributed by atoms with Crippen LogP contribution in [0.2, 0.25) is 0 Å². The van der Waals surface area contributed by atoms with Gasteiger partial charge in [-0.15, -0.1) is 11.3 Å². The molecular weight excluding hydrogens is 593 g/mol. The summed E-state index contributed by atoms with van der Waals surface area (Å²) in [6, 6.07) is 47.6. The van der Waals surface area contributed by atoms with Crippen LogP contribution in [0.5, 0.6) is 0 Å². The van der Waals surface area contributed by atoms with Crippen LogP contribution in [0, 0.1) is 0 Å². The van der Waals surface area contributed by atoms with Gasteiger partial charge >= 0.3 is 0 Å². The van der Waals surface area contributed by atoms with Gasteiger partial charge in [0.1, 0.15) is 5.69 Å². The Morgan fingerprint density at radius 3 is 2.34 bits per heavy atom. The second-order valence-corrected chi connectivity index (χ2v) is 13.4. The molecule has 2 aromatic heterocycles. The first kappa shape index (κ1) is 26.5. The number of aromatic nitrogens is 1. The van der Waals surface area contributed by atoms with Crippen molar-refractivity contribution in [2.24, 2.45) is 0 Å². The van der Waals surface area contributed by atoms with E-state index < -0.39 is 0 Å². The van der Waals surface area contributed by atoms with E-state index >= 15 is 0 Å². The highest BCUT2D eigenvalue weighted by atomic mass is 32.1. The van der Waals surface area contributed by atoms with E-state index in [1.54, 1.807) is 0 Å². The molecule has 2 heterocycles. The Hall–Kier alpha value is -5.71. The predicted octanol–water partition coefficient (Wildman–Crippen LogP) is 12.3.